The first-order chi connectivity index (χ1) is 9.27. The van der Waals surface area contributed by atoms with Gasteiger partial charge >= 0.3 is 0 Å². The van der Waals surface area contributed by atoms with Gasteiger partial charge in [0.1, 0.15) is 5.75 Å². The first kappa shape index (κ1) is 13.2. The molecule has 0 spiro atoms. The first-order valence-corrected chi connectivity index (χ1v) is 6.01. The number of rotatable bonds is 5. The highest BCUT2D eigenvalue weighted by atomic mass is 16.5. The molecule has 4 N–H and O–H groups in total. The zero-order valence-electron chi connectivity index (χ0n) is 10.4. The molecule has 0 aliphatic heterocycles. The van der Waals surface area contributed by atoms with Crippen LogP contribution in [-0.4, -0.2) is 29.4 Å². The van der Waals surface area contributed by atoms with Gasteiger partial charge < -0.3 is 20.8 Å². The molecule has 0 amide bonds. The van der Waals surface area contributed by atoms with Crippen molar-refractivity contribution in [1.82, 2.24) is 0 Å². The van der Waals surface area contributed by atoms with Crippen LogP contribution >= 0.6 is 0 Å². The predicted octanol–water partition coefficient (Wildman–Crippen LogP) is 1.70. The van der Waals surface area contributed by atoms with Crippen molar-refractivity contribution in [1.29, 1.82) is 0 Å². The largest absolute Gasteiger partial charge is 0.493 e. The van der Waals surface area contributed by atoms with Crippen LogP contribution in [0.5, 0.6) is 5.75 Å². The van der Waals surface area contributed by atoms with Gasteiger partial charge in [0.15, 0.2) is 5.84 Å². The number of hydrogen-bond acceptors (Lipinski definition) is 4. The van der Waals surface area contributed by atoms with Crippen molar-refractivity contribution in [2.75, 3.05) is 13.2 Å². The topological polar surface area (TPSA) is 88.1 Å². The van der Waals surface area contributed by atoms with Gasteiger partial charge in [0, 0.05) is 24.0 Å². The molecule has 2 aromatic rings. The molecule has 2 rings (SSSR count). The first-order valence-electron chi connectivity index (χ1n) is 6.01. The van der Waals surface area contributed by atoms with E-state index in [9.17, 15) is 0 Å². The van der Waals surface area contributed by atoms with Crippen LogP contribution < -0.4 is 10.5 Å². The lowest BCUT2D eigenvalue weighted by molar-refractivity contribution is 0.235. The Balaban J connectivity index is 2.46. The summed E-state index contributed by atoms with van der Waals surface area (Å²) in [5, 5.41) is 22.3. The van der Waals surface area contributed by atoms with E-state index in [1.165, 1.54) is 0 Å². The Morgan fingerprint density at radius 2 is 1.89 bits per heavy atom. The highest BCUT2D eigenvalue weighted by Gasteiger charge is 2.09. The second kappa shape index (κ2) is 6.06. The Labute approximate surface area is 110 Å². The number of nitrogens with two attached hydrogens (primary N) is 1. The Morgan fingerprint density at radius 3 is 2.58 bits per heavy atom. The summed E-state index contributed by atoms with van der Waals surface area (Å²) < 4.78 is 5.62. The summed E-state index contributed by atoms with van der Waals surface area (Å²) in [5.41, 5.74) is 6.32. The van der Waals surface area contributed by atoms with E-state index in [-0.39, 0.29) is 12.4 Å². The SMILES string of the molecule is N/C(=N/O)c1ccc(OCCCO)c2ccccc12. The molecule has 0 unspecified atom stereocenters. The summed E-state index contributed by atoms with van der Waals surface area (Å²) in [7, 11) is 0. The van der Waals surface area contributed by atoms with Crippen molar-refractivity contribution >= 4 is 16.6 Å². The fourth-order valence-corrected chi connectivity index (χ4v) is 1.92. The summed E-state index contributed by atoms with van der Waals surface area (Å²) in [6.07, 6.45) is 0.580. The highest BCUT2D eigenvalue weighted by Crippen LogP contribution is 2.28. The molecule has 0 bridgehead atoms. The van der Waals surface area contributed by atoms with E-state index < -0.39 is 0 Å². The summed E-state index contributed by atoms with van der Waals surface area (Å²) >= 11 is 0. The van der Waals surface area contributed by atoms with Gasteiger partial charge in [-0.15, -0.1) is 0 Å². The van der Waals surface area contributed by atoms with Crippen LogP contribution in [0.25, 0.3) is 10.8 Å². The molecule has 100 valence electrons. The fourth-order valence-electron chi connectivity index (χ4n) is 1.92. The van der Waals surface area contributed by atoms with Crippen molar-refractivity contribution < 1.29 is 15.1 Å². The number of fused-ring (bicyclic) bond motifs is 1. The van der Waals surface area contributed by atoms with E-state index in [1.54, 1.807) is 12.1 Å². The van der Waals surface area contributed by atoms with E-state index in [1.807, 2.05) is 24.3 Å². The molecule has 0 aliphatic rings. The zero-order valence-corrected chi connectivity index (χ0v) is 10.4. The number of oxime groups is 1. The maximum Gasteiger partial charge on any atom is 0.170 e. The minimum absolute atomic E-state index is 0.0677. The van der Waals surface area contributed by atoms with Crippen LogP contribution in [0.1, 0.15) is 12.0 Å². The Bertz CT molecular complexity index is 596. The normalized spacial score (nSPS) is 11.7. The number of aliphatic hydroxyl groups is 1. The van der Waals surface area contributed by atoms with Gasteiger partial charge in [-0.05, 0) is 17.5 Å². The Hall–Kier alpha value is -2.27. The standard InChI is InChI=1S/C14H16N2O3/c15-14(16-18)12-6-7-13(19-9-3-8-17)11-5-2-1-4-10(11)12/h1-2,4-7,17-18H,3,8-9H2,(H2,15,16). The summed E-state index contributed by atoms with van der Waals surface area (Å²) in [6.45, 7) is 0.545. The van der Waals surface area contributed by atoms with Crippen LogP contribution in [0, 0.1) is 0 Å². The lowest BCUT2D eigenvalue weighted by Crippen LogP contribution is -2.13. The molecule has 5 heteroatoms. The number of nitrogens with zero attached hydrogens (tertiary/aromatic N) is 1. The monoisotopic (exact) mass is 260 g/mol. The lowest BCUT2D eigenvalue weighted by Gasteiger charge is -2.11. The molecule has 19 heavy (non-hydrogen) atoms. The van der Waals surface area contributed by atoms with E-state index in [4.69, 9.17) is 20.8 Å². The Kier molecular flexibility index (Phi) is 4.20. The number of benzene rings is 2. The highest BCUT2D eigenvalue weighted by molar-refractivity contribution is 6.10. The second-order valence-corrected chi connectivity index (χ2v) is 4.07. The van der Waals surface area contributed by atoms with Crippen molar-refractivity contribution in [2.45, 2.75) is 6.42 Å². The van der Waals surface area contributed by atoms with Crippen molar-refractivity contribution in [2.24, 2.45) is 10.9 Å². The minimum Gasteiger partial charge on any atom is -0.493 e. The molecule has 0 radical (unpaired) electrons. The van der Waals surface area contributed by atoms with Gasteiger partial charge in [0.25, 0.3) is 0 Å². The van der Waals surface area contributed by atoms with Crippen LogP contribution in [0.3, 0.4) is 0 Å². The average Bonchev–Trinajstić information content (AvgIpc) is 2.47. The zero-order chi connectivity index (χ0) is 13.7. The molecule has 2 aromatic carbocycles. The van der Waals surface area contributed by atoms with Gasteiger partial charge in [-0.2, -0.15) is 0 Å². The van der Waals surface area contributed by atoms with Crippen LogP contribution in [-0.2, 0) is 0 Å². The van der Waals surface area contributed by atoms with E-state index in [0.717, 1.165) is 16.5 Å². The summed E-state index contributed by atoms with van der Waals surface area (Å²) in [5.74, 6) is 0.789. The molecule has 0 saturated heterocycles. The lowest BCUT2D eigenvalue weighted by atomic mass is 10.0. The maximum atomic E-state index is 8.79. The van der Waals surface area contributed by atoms with Crippen molar-refractivity contribution in [3.8, 4) is 5.75 Å². The van der Waals surface area contributed by atoms with Gasteiger partial charge in [-0.3, -0.25) is 0 Å². The number of aliphatic hydroxyl groups excluding tert-OH is 1. The molecule has 0 aliphatic carbocycles. The van der Waals surface area contributed by atoms with E-state index in [0.29, 0.717) is 18.6 Å². The molecule has 5 nitrogen and oxygen atoms in total. The van der Waals surface area contributed by atoms with Crippen LogP contribution in [0.4, 0.5) is 0 Å². The number of hydrogen-bond donors (Lipinski definition) is 3. The van der Waals surface area contributed by atoms with Crippen LogP contribution in [0.2, 0.25) is 0 Å². The number of amidine groups is 1. The van der Waals surface area contributed by atoms with Gasteiger partial charge in [0.05, 0.1) is 6.61 Å². The average molecular weight is 260 g/mol. The minimum atomic E-state index is 0.0677. The summed E-state index contributed by atoms with van der Waals surface area (Å²) in [4.78, 5) is 0. The molecule has 0 aromatic heterocycles. The van der Waals surface area contributed by atoms with Crippen LogP contribution in [0.15, 0.2) is 41.6 Å². The number of ether oxygens (including phenoxy) is 1. The smallest absolute Gasteiger partial charge is 0.170 e. The fraction of sp³-hybridized carbons (Fsp3) is 0.214. The quantitative estimate of drug-likeness (QED) is 0.251. The Morgan fingerprint density at radius 1 is 1.16 bits per heavy atom. The summed E-state index contributed by atoms with van der Waals surface area (Å²) in [6, 6.07) is 11.1. The third-order valence-electron chi connectivity index (χ3n) is 2.83. The van der Waals surface area contributed by atoms with E-state index in [2.05, 4.69) is 5.16 Å². The van der Waals surface area contributed by atoms with Crippen molar-refractivity contribution in [3.05, 3.63) is 42.0 Å². The third-order valence-corrected chi connectivity index (χ3v) is 2.83. The molecule has 0 saturated carbocycles. The third kappa shape index (κ3) is 2.77. The molecular formula is C14H16N2O3. The predicted molar refractivity (Wildman–Crippen MR) is 73.7 cm³/mol. The van der Waals surface area contributed by atoms with E-state index >= 15 is 0 Å². The molecular weight excluding hydrogens is 244 g/mol. The van der Waals surface area contributed by atoms with Gasteiger partial charge in [0.2, 0.25) is 0 Å². The molecule has 0 fully saturated rings. The van der Waals surface area contributed by atoms with Crippen molar-refractivity contribution in [3.63, 3.8) is 0 Å². The van der Waals surface area contributed by atoms with Gasteiger partial charge in [-0.1, -0.05) is 29.4 Å². The maximum absolute atomic E-state index is 8.79. The molecule has 0 atom stereocenters. The van der Waals surface area contributed by atoms with Gasteiger partial charge in [-0.25, -0.2) is 0 Å². The molecule has 0 heterocycles. The second-order valence-electron chi connectivity index (χ2n) is 4.07.